The number of aromatic nitrogens is 1. The Morgan fingerprint density at radius 3 is 2.96 bits per heavy atom. The normalized spacial score (nSPS) is 29.3. The van der Waals surface area contributed by atoms with E-state index in [0.717, 1.165) is 35.7 Å². The Bertz CT molecular complexity index is 790. The number of pyridine rings is 1. The number of nitrogens with one attached hydrogen (secondary N) is 3. The number of rotatable bonds is 5. The van der Waals surface area contributed by atoms with Crippen molar-refractivity contribution >= 4 is 16.8 Å². The largest absolute Gasteiger partial charge is 0.393 e. The molecule has 2 aliphatic rings. The predicted molar refractivity (Wildman–Crippen MR) is 100 cm³/mol. The topological polar surface area (TPSA) is 86.3 Å². The van der Waals surface area contributed by atoms with Gasteiger partial charge in [-0.25, -0.2) is 0 Å². The quantitative estimate of drug-likeness (QED) is 0.656. The fourth-order valence-corrected chi connectivity index (χ4v) is 4.10. The van der Waals surface area contributed by atoms with Gasteiger partial charge in [-0.2, -0.15) is 0 Å². The number of amides is 1. The lowest BCUT2D eigenvalue weighted by atomic mass is 9.75. The van der Waals surface area contributed by atoms with Gasteiger partial charge in [-0.1, -0.05) is 25.1 Å². The van der Waals surface area contributed by atoms with Crippen molar-refractivity contribution in [3.05, 3.63) is 42.1 Å². The Morgan fingerprint density at radius 1 is 1.38 bits per heavy atom. The molecule has 4 N–H and O–H groups in total. The molecule has 2 aromatic rings. The monoisotopic (exact) mass is 354 g/mol. The molecule has 2 heterocycles. The van der Waals surface area contributed by atoms with E-state index in [-0.39, 0.29) is 35.9 Å². The number of aliphatic hydroxyl groups is 1. The first-order valence-corrected chi connectivity index (χ1v) is 9.47. The summed E-state index contributed by atoms with van der Waals surface area (Å²) in [6, 6.07) is 10.1. The molecule has 0 bridgehead atoms. The molecule has 138 valence electrons. The molecular formula is C20H26N4O2. The van der Waals surface area contributed by atoms with Crippen LogP contribution >= 0.6 is 0 Å². The third-order valence-electron chi connectivity index (χ3n) is 5.76. The number of para-hydroxylation sites is 1. The fraction of sp³-hybridized carbons (Fsp3) is 0.500. The minimum absolute atomic E-state index is 0.0638. The molecule has 6 heteroatoms. The summed E-state index contributed by atoms with van der Waals surface area (Å²) in [5.74, 6) is 0.231. The number of benzene rings is 1. The lowest BCUT2D eigenvalue weighted by Crippen LogP contribution is -2.45. The van der Waals surface area contributed by atoms with Crippen LogP contribution in [0.2, 0.25) is 0 Å². The van der Waals surface area contributed by atoms with Crippen LogP contribution in [-0.4, -0.2) is 34.7 Å². The molecule has 3 unspecified atom stereocenters. The SMILES string of the molecule is CCC1NNCC1C(=O)NC(c1cnc2ccccc2c1)C1CC(O)C1. The second-order valence-corrected chi connectivity index (χ2v) is 7.48. The van der Waals surface area contributed by atoms with E-state index in [2.05, 4.69) is 34.1 Å². The number of hydrogen-bond acceptors (Lipinski definition) is 5. The molecule has 2 fully saturated rings. The molecule has 3 atom stereocenters. The van der Waals surface area contributed by atoms with E-state index < -0.39 is 0 Å². The second kappa shape index (κ2) is 7.31. The van der Waals surface area contributed by atoms with E-state index in [0.29, 0.717) is 6.54 Å². The van der Waals surface area contributed by atoms with Crippen LogP contribution in [0.25, 0.3) is 10.9 Å². The second-order valence-electron chi connectivity index (χ2n) is 7.48. The van der Waals surface area contributed by atoms with Crippen molar-refractivity contribution in [3.63, 3.8) is 0 Å². The Morgan fingerprint density at radius 2 is 2.19 bits per heavy atom. The minimum atomic E-state index is -0.258. The van der Waals surface area contributed by atoms with Gasteiger partial charge in [0.05, 0.1) is 23.6 Å². The van der Waals surface area contributed by atoms with E-state index in [1.807, 2.05) is 30.5 Å². The van der Waals surface area contributed by atoms with Crippen LogP contribution < -0.4 is 16.2 Å². The molecule has 4 rings (SSSR count). The number of carbonyl (C=O) groups excluding carboxylic acids is 1. The zero-order valence-electron chi connectivity index (χ0n) is 15.0. The molecule has 1 aromatic heterocycles. The third-order valence-corrected chi connectivity index (χ3v) is 5.76. The van der Waals surface area contributed by atoms with Gasteiger partial charge in [-0.3, -0.25) is 20.6 Å². The Labute approximate surface area is 153 Å². The van der Waals surface area contributed by atoms with Crippen molar-refractivity contribution < 1.29 is 9.90 Å². The first-order valence-electron chi connectivity index (χ1n) is 9.47. The summed E-state index contributed by atoms with van der Waals surface area (Å²) >= 11 is 0. The number of fused-ring (bicyclic) bond motifs is 1. The summed E-state index contributed by atoms with van der Waals surface area (Å²) in [6.07, 6.45) is 3.94. The molecule has 26 heavy (non-hydrogen) atoms. The standard InChI is InChI=1S/C20H26N4O2/c1-2-17-16(11-22-24-17)20(26)23-19(13-8-15(25)9-13)14-7-12-5-3-4-6-18(12)21-10-14/h3-7,10,13,15-17,19,22,24-25H,2,8-9,11H2,1H3,(H,23,26). The summed E-state index contributed by atoms with van der Waals surface area (Å²) in [5, 5.41) is 14.1. The number of nitrogens with zero attached hydrogens (tertiary/aromatic N) is 1. The molecule has 6 nitrogen and oxygen atoms in total. The van der Waals surface area contributed by atoms with Crippen LogP contribution in [0.5, 0.6) is 0 Å². The van der Waals surface area contributed by atoms with Crippen LogP contribution in [0.4, 0.5) is 0 Å². The number of hydrazine groups is 1. The number of hydrogen-bond donors (Lipinski definition) is 4. The molecule has 0 radical (unpaired) electrons. The van der Waals surface area contributed by atoms with Gasteiger partial charge < -0.3 is 10.4 Å². The molecule has 1 saturated heterocycles. The smallest absolute Gasteiger partial charge is 0.226 e. The highest BCUT2D eigenvalue weighted by atomic mass is 16.3. The van der Waals surface area contributed by atoms with Gasteiger partial charge in [0.25, 0.3) is 0 Å². The Kier molecular flexibility index (Phi) is 4.89. The van der Waals surface area contributed by atoms with Gasteiger partial charge in [-0.05, 0) is 42.9 Å². The van der Waals surface area contributed by atoms with Crippen LogP contribution in [0.1, 0.15) is 37.8 Å². The Balaban J connectivity index is 1.58. The van der Waals surface area contributed by atoms with Crippen LogP contribution in [-0.2, 0) is 4.79 Å². The van der Waals surface area contributed by atoms with Crippen molar-refractivity contribution in [2.75, 3.05) is 6.54 Å². The van der Waals surface area contributed by atoms with E-state index in [4.69, 9.17) is 0 Å². The fourth-order valence-electron chi connectivity index (χ4n) is 4.10. The van der Waals surface area contributed by atoms with E-state index in [9.17, 15) is 9.90 Å². The van der Waals surface area contributed by atoms with Gasteiger partial charge in [0.1, 0.15) is 0 Å². The van der Waals surface area contributed by atoms with Crippen molar-refractivity contribution in [1.82, 2.24) is 21.2 Å². The third kappa shape index (κ3) is 3.32. The molecule has 1 aliphatic heterocycles. The maximum absolute atomic E-state index is 12.9. The summed E-state index contributed by atoms with van der Waals surface area (Å²) in [7, 11) is 0. The maximum Gasteiger partial charge on any atom is 0.226 e. The van der Waals surface area contributed by atoms with Crippen molar-refractivity contribution in [2.24, 2.45) is 11.8 Å². The Hall–Kier alpha value is -2.02. The highest BCUT2D eigenvalue weighted by Gasteiger charge is 2.38. The highest BCUT2D eigenvalue weighted by molar-refractivity contribution is 5.81. The van der Waals surface area contributed by atoms with Gasteiger partial charge in [0.2, 0.25) is 5.91 Å². The van der Waals surface area contributed by atoms with Crippen LogP contribution in [0.3, 0.4) is 0 Å². The lowest BCUT2D eigenvalue weighted by molar-refractivity contribution is -0.126. The summed E-state index contributed by atoms with van der Waals surface area (Å²) in [5.41, 5.74) is 8.23. The summed E-state index contributed by atoms with van der Waals surface area (Å²) in [6.45, 7) is 2.72. The average Bonchev–Trinajstić information content (AvgIpc) is 3.12. The summed E-state index contributed by atoms with van der Waals surface area (Å²) < 4.78 is 0. The van der Waals surface area contributed by atoms with Gasteiger partial charge in [-0.15, -0.1) is 0 Å². The average molecular weight is 354 g/mol. The number of aliphatic hydroxyl groups excluding tert-OH is 1. The first-order chi connectivity index (χ1) is 12.7. The zero-order chi connectivity index (χ0) is 18.1. The predicted octanol–water partition coefficient (Wildman–Crippen LogP) is 1.67. The molecular weight excluding hydrogens is 328 g/mol. The van der Waals surface area contributed by atoms with E-state index in [1.165, 1.54) is 0 Å². The van der Waals surface area contributed by atoms with Crippen molar-refractivity contribution in [2.45, 2.75) is 44.4 Å². The van der Waals surface area contributed by atoms with Crippen LogP contribution in [0.15, 0.2) is 36.5 Å². The van der Waals surface area contributed by atoms with Gasteiger partial charge in [0, 0.05) is 24.2 Å². The molecule has 1 aromatic carbocycles. The highest BCUT2D eigenvalue weighted by Crippen LogP contribution is 2.38. The van der Waals surface area contributed by atoms with E-state index in [1.54, 1.807) is 0 Å². The molecule has 0 spiro atoms. The minimum Gasteiger partial charge on any atom is -0.393 e. The molecule has 1 saturated carbocycles. The lowest BCUT2D eigenvalue weighted by Gasteiger charge is -2.38. The maximum atomic E-state index is 12.9. The van der Waals surface area contributed by atoms with Gasteiger partial charge >= 0.3 is 0 Å². The van der Waals surface area contributed by atoms with E-state index >= 15 is 0 Å². The van der Waals surface area contributed by atoms with Gasteiger partial charge in [0.15, 0.2) is 0 Å². The molecule has 1 aliphatic carbocycles. The van der Waals surface area contributed by atoms with Crippen molar-refractivity contribution in [1.29, 1.82) is 0 Å². The van der Waals surface area contributed by atoms with Crippen molar-refractivity contribution in [3.8, 4) is 0 Å². The summed E-state index contributed by atoms with van der Waals surface area (Å²) in [4.78, 5) is 17.5. The first kappa shape index (κ1) is 17.4. The zero-order valence-corrected chi connectivity index (χ0v) is 15.0. The number of carbonyl (C=O) groups is 1. The molecule has 1 amide bonds. The van der Waals surface area contributed by atoms with Crippen LogP contribution in [0, 0.1) is 11.8 Å².